The summed E-state index contributed by atoms with van der Waals surface area (Å²) in [6.07, 6.45) is 3.59. The molecule has 1 unspecified atom stereocenters. The van der Waals surface area contributed by atoms with Gasteiger partial charge in [-0.1, -0.05) is 18.5 Å². The van der Waals surface area contributed by atoms with Crippen LogP contribution >= 0.6 is 11.6 Å². The van der Waals surface area contributed by atoms with Crippen molar-refractivity contribution in [2.45, 2.75) is 19.3 Å². The number of aliphatic carboxylic acids is 1. The molecule has 0 aliphatic rings. The van der Waals surface area contributed by atoms with E-state index < -0.39 is 5.97 Å². The largest absolute Gasteiger partial charge is 0.481 e. The van der Waals surface area contributed by atoms with E-state index in [1.807, 2.05) is 23.6 Å². The van der Waals surface area contributed by atoms with Gasteiger partial charge >= 0.3 is 5.97 Å². The molecule has 0 radical (unpaired) electrons. The second-order valence-corrected chi connectivity index (χ2v) is 4.14. The van der Waals surface area contributed by atoms with Gasteiger partial charge in [0.05, 0.1) is 11.4 Å². The quantitative estimate of drug-likeness (QED) is 0.894. The van der Waals surface area contributed by atoms with Gasteiger partial charge in [0.1, 0.15) is 0 Å². The van der Waals surface area contributed by atoms with Crippen molar-refractivity contribution in [1.82, 2.24) is 9.38 Å². The van der Waals surface area contributed by atoms with Crippen LogP contribution in [0.15, 0.2) is 24.5 Å². The fourth-order valence-corrected chi connectivity index (χ4v) is 1.94. The Hall–Kier alpha value is -1.55. The topological polar surface area (TPSA) is 54.6 Å². The van der Waals surface area contributed by atoms with E-state index in [0.717, 1.165) is 5.69 Å². The highest BCUT2D eigenvalue weighted by Gasteiger charge is 2.15. The average Bonchev–Trinajstić information content (AvgIpc) is 2.61. The number of halogens is 1. The molecule has 0 aliphatic heterocycles. The zero-order valence-corrected chi connectivity index (χ0v) is 9.48. The van der Waals surface area contributed by atoms with E-state index in [1.165, 1.54) is 0 Å². The van der Waals surface area contributed by atoms with Crippen LogP contribution in [0, 0.1) is 0 Å². The summed E-state index contributed by atoms with van der Waals surface area (Å²) < 4.78 is 1.83. The number of carboxylic acid groups (broad SMARTS) is 1. The average molecular weight is 239 g/mol. The summed E-state index contributed by atoms with van der Waals surface area (Å²) in [5.74, 6) is -0.907. The van der Waals surface area contributed by atoms with Gasteiger partial charge in [-0.3, -0.25) is 4.79 Å². The molecule has 16 heavy (non-hydrogen) atoms. The summed E-state index contributed by atoms with van der Waals surface area (Å²) in [5, 5.41) is 9.32. The van der Waals surface area contributed by atoms with Gasteiger partial charge in [0.2, 0.25) is 0 Å². The minimum absolute atomic E-state index is 0.0836. The van der Waals surface area contributed by atoms with Gasteiger partial charge in [0.25, 0.3) is 0 Å². The molecule has 2 aromatic rings. The van der Waals surface area contributed by atoms with Crippen LogP contribution in [0.3, 0.4) is 0 Å². The van der Waals surface area contributed by atoms with E-state index in [4.69, 9.17) is 16.7 Å². The number of fused-ring (bicyclic) bond motifs is 1. The van der Waals surface area contributed by atoms with Crippen molar-refractivity contribution in [2.75, 3.05) is 0 Å². The van der Waals surface area contributed by atoms with Crippen molar-refractivity contribution in [1.29, 1.82) is 0 Å². The smallest absolute Gasteiger partial charge is 0.304 e. The van der Waals surface area contributed by atoms with E-state index >= 15 is 0 Å². The maximum Gasteiger partial charge on any atom is 0.304 e. The van der Waals surface area contributed by atoms with E-state index in [9.17, 15) is 4.79 Å². The highest BCUT2D eigenvalue weighted by atomic mass is 35.5. The Bertz CT molecular complexity index is 536. The van der Waals surface area contributed by atoms with Crippen molar-refractivity contribution in [3.8, 4) is 0 Å². The molecule has 0 bridgehead atoms. The fraction of sp³-hybridized carbons (Fsp3) is 0.273. The second kappa shape index (κ2) is 4.14. The molecule has 0 spiro atoms. The molecule has 2 heterocycles. The van der Waals surface area contributed by atoms with Gasteiger partial charge in [0, 0.05) is 24.0 Å². The summed E-state index contributed by atoms with van der Waals surface area (Å²) in [6.45, 7) is 1.86. The predicted octanol–water partition coefficient (Wildman–Crippen LogP) is 2.57. The molecule has 1 atom stereocenters. The van der Waals surface area contributed by atoms with Crippen LogP contribution < -0.4 is 0 Å². The summed E-state index contributed by atoms with van der Waals surface area (Å²) in [7, 11) is 0. The Morgan fingerprint density at radius 2 is 2.44 bits per heavy atom. The summed E-state index contributed by atoms with van der Waals surface area (Å²) in [6, 6.07) is 3.57. The molecule has 2 aromatic heterocycles. The zero-order valence-electron chi connectivity index (χ0n) is 8.72. The molecule has 0 aliphatic carbocycles. The van der Waals surface area contributed by atoms with Crippen LogP contribution in [0.1, 0.15) is 25.0 Å². The molecule has 5 heteroatoms. The zero-order chi connectivity index (χ0) is 11.7. The Kier molecular flexibility index (Phi) is 2.83. The number of hydrogen-bond acceptors (Lipinski definition) is 2. The first-order valence-electron chi connectivity index (χ1n) is 4.93. The van der Waals surface area contributed by atoms with Gasteiger partial charge < -0.3 is 9.51 Å². The Morgan fingerprint density at radius 3 is 3.12 bits per heavy atom. The van der Waals surface area contributed by atoms with Crippen molar-refractivity contribution >= 4 is 23.2 Å². The SMILES string of the molecule is CC(CC(=O)O)c1cnc2c(Cl)cccn12. The monoisotopic (exact) mass is 238 g/mol. The highest BCUT2D eigenvalue weighted by Crippen LogP contribution is 2.23. The Labute approximate surface area is 97.5 Å². The first kappa shape index (κ1) is 11.0. The Morgan fingerprint density at radius 1 is 1.69 bits per heavy atom. The number of nitrogens with zero attached hydrogens (tertiary/aromatic N) is 2. The van der Waals surface area contributed by atoms with Crippen LogP contribution in [0.25, 0.3) is 5.65 Å². The molecule has 0 amide bonds. The molecule has 2 rings (SSSR count). The lowest BCUT2D eigenvalue weighted by Crippen LogP contribution is -2.05. The number of carbonyl (C=O) groups is 1. The van der Waals surface area contributed by atoms with Gasteiger partial charge in [0.15, 0.2) is 5.65 Å². The molecule has 0 saturated heterocycles. The van der Waals surface area contributed by atoms with E-state index in [1.54, 1.807) is 12.3 Å². The number of imidazole rings is 1. The highest BCUT2D eigenvalue weighted by molar-refractivity contribution is 6.33. The maximum atomic E-state index is 10.7. The van der Waals surface area contributed by atoms with Crippen molar-refractivity contribution in [3.05, 3.63) is 35.2 Å². The molecule has 4 nitrogen and oxygen atoms in total. The second-order valence-electron chi connectivity index (χ2n) is 3.73. The summed E-state index contributed by atoms with van der Waals surface area (Å²) >= 11 is 5.98. The third kappa shape index (κ3) is 1.88. The fourth-order valence-electron chi connectivity index (χ4n) is 1.73. The first-order valence-corrected chi connectivity index (χ1v) is 5.30. The number of pyridine rings is 1. The standard InChI is InChI=1S/C11H11ClN2O2/c1-7(5-10(15)16)9-6-13-11-8(12)3-2-4-14(9)11/h2-4,6-7H,5H2,1H3,(H,15,16). The molecular formula is C11H11ClN2O2. The normalized spacial score (nSPS) is 12.9. The van der Waals surface area contributed by atoms with Crippen molar-refractivity contribution in [3.63, 3.8) is 0 Å². The summed E-state index contributed by atoms with van der Waals surface area (Å²) in [4.78, 5) is 14.8. The minimum atomic E-state index is -0.815. The van der Waals surface area contributed by atoms with Crippen LogP contribution in [0.2, 0.25) is 5.02 Å². The van der Waals surface area contributed by atoms with Crippen LogP contribution in [0.5, 0.6) is 0 Å². The van der Waals surface area contributed by atoms with Gasteiger partial charge in [-0.2, -0.15) is 0 Å². The lowest BCUT2D eigenvalue weighted by molar-refractivity contribution is -0.137. The van der Waals surface area contributed by atoms with E-state index in [-0.39, 0.29) is 12.3 Å². The minimum Gasteiger partial charge on any atom is -0.481 e. The van der Waals surface area contributed by atoms with E-state index in [0.29, 0.717) is 10.7 Å². The van der Waals surface area contributed by atoms with Gasteiger partial charge in [-0.25, -0.2) is 4.98 Å². The van der Waals surface area contributed by atoms with Gasteiger partial charge in [-0.05, 0) is 12.1 Å². The third-order valence-electron chi connectivity index (χ3n) is 2.50. The predicted molar refractivity (Wildman–Crippen MR) is 60.9 cm³/mol. The first-order chi connectivity index (χ1) is 7.59. The molecular weight excluding hydrogens is 228 g/mol. The molecule has 0 aromatic carbocycles. The number of rotatable bonds is 3. The van der Waals surface area contributed by atoms with Crippen LogP contribution in [-0.4, -0.2) is 20.5 Å². The lowest BCUT2D eigenvalue weighted by Gasteiger charge is -2.08. The van der Waals surface area contributed by atoms with E-state index in [2.05, 4.69) is 4.98 Å². The van der Waals surface area contributed by atoms with Crippen molar-refractivity contribution in [2.24, 2.45) is 0 Å². The van der Waals surface area contributed by atoms with Crippen molar-refractivity contribution < 1.29 is 9.90 Å². The summed E-state index contributed by atoms with van der Waals surface area (Å²) in [5.41, 5.74) is 1.52. The van der Waals surface area contributed by atoms with Crippen LogP contribution in [0.4, 0.5) is 0 Å². The molecule has 0 fully saturated rings. The molecule has 1 N–H and O–H groups in total. The third-order valence-corrected chi connectivity index (χ3v) is 2.80. The lowest BCUT2D eigenvalue weighted by atomic mass is 10.1. The molecule has 0 saturated carbocycles. The number of carboxylic acids is 1. The number of aromatic nitrogens is 2. The maximum absolute atomic E-state index is 10.7. The number of hydrogen-bond donors (Lipinski definition) is 1. The Balaban J connectivity index is 2.46. The van der Waals surface area contributed by atoms with Gasteiger partial charge in [-0.15, -0.1) is 0 Å². The molecule has 84 valence electrons. The van der Waals surface area contributed by atoms with Crippen LogP contribution in [-0.2, 0) is 4.79 Å².